The number of aromatic carboxylic acids is 1. The number of carboxylic acid groups (broad SMARTS) is 1. The van der Waals surface area contributed by atoms with Crippen LogP contribution < -0.4 is 15.4 Å². The number of carbonyl (C=O) groups excluding carboxylic acids is 1. The van der Waals surface area contributed by atoms with Gasteiger partial charge in [0.05, 0.1) is 18.4 Å². The smallest absolute Gasteiger partial charge is 0.337 e. The van der Waals surface area contributed by atoms with Crippen LogP contribution in [0.15, 0.2) is 29.8 Å². The second-order valence-corrected chi connectivity index (χ2v) is 4.53. The Morgan fingerprint density at radius 3 is 2.75 bits per heavy atom. The number of thiazole rings is 1. The van der Waals surface area contributed by atoms with Crippen molar-refractivity contribution in [1.82, 2.24) is 4.98 Å². The largest absolute Gasteiger partial charge is 0.497 e. The molecular formula is C12H11N3O4S. The lowest BCUT2D eigenvalue weighted by molar-refractivity contribution is 0.0697. The summed E-state index contributed by atoms with van der Waals surface area (Å²) in [5.41, 5.74) is 0.117. The first-order valence-electron chi connectivity index (χ1n) is 5.49. The second kappa shape index (κ2) is 6.02. The maximum absolute atomic E-state index is 11.7. The highest BCUT2D eigenvalue weighted by atomic mass is 32.1. The predicted molar refractivity (Wildman–Crippen MR) is 74.7 cm³/mol. The number of aromatic nitrogens is 1. The first-order valence-corrected chi connectivity index (χ1v) is 6.37. The molecule has 0 radical (unpaired) electrons. The summed E-state index contributed by atoms with van der Waals surface area (Å²) in [6, 6.07) is 3.80. The van der Waals surface area contributed by atoms with E-state index in [9.17, 15) is 9.59 Å². The molecule has 104 valence electrons. The zero-order valence-corrected chi connectivity index (χ0v) is 11.2. The zero-order chi connectivity index (χ0) is 14.5. The molecule has 2 amide bonds. The molecule has 1 heterocycles. The summed E-state index contributed by atoms with van der Waals surface area (Å²) in [4.78, 5) is 26.8. The van der Waals surface area contributed by atoms with Gasteiger partial charge in [0.25, 0.3) is 0 Å². The molecular weight excluding hydrogens is 282 g/mol. The Labute approximate surface area is 118 Å². The summed E-state index contributed by atoms with van der Waals surface area (Å²) in [5.74, 6) is -0.762. The van der Waals surface area contributed by atoms with Gasteiger partial charge in [0.1, 0.15) is 5.75 Å². The summed E-state index contributed by atoms with van der Waals surface area (Å²) < 4.78 is 4.95. The number of methoxy groups -OCH3 is 1. The van der Waals surface area contributed by atoms with E-state index in [1.165, 1.54) is 30.6 Å². The van der Waals surface area contributed by atoms with Gasteiger partial charge < -0.3 is 15.2 Å². The molecule has 0 fully saturated rings. The van der Waals surface area contributed by atoms with Gasteiger partial charge in [0, 0.05) is 11.6 Å². The molecule has 0 saturated heterocycles. The van der Waals surface area contributed by atoms with Crippen molar-refractivity contribution in [3.63, 3.8) is 0 Å². The van der Waals surface area contributed by atoms with Gasteiger partial charge in [-0.15, -0.1) is 11.3 Å². The van der Waals surface area contributed by atoms with Crippen LogP contribution in [0.1, 0.15) is 10.4 Å². The number of benzene rings is 1. The van der Waals surface area contributed by atoms with Gasteiger partial charge in [0.15, 0.2) is 5.13 Å². The standard InChI is InChI=1S/C12H11N3O4S/c1-19-7-2-3-9(8(6-7)10(16)17)14-11(18)15-12-13-4-5-20-12/h2-6H,1H3,(H,16,17)(H2,13,14,15,18). The van der Waals surface area contributed by atoms with Gasteiger partial charge in [-0.1, -0.05) is 0 Å². The molecule has 0 bridgehead atoms. The SMILES string of the molecule is COc1ccc(NC(=O)Nc2nccs2)c(C(=O)O)c1. The highest BCUT2D eigenvalue weighted by Crippen LogP contribution is 2.22. The van der Waals surface area contributed by atoms with Gasteiger partial charge in [-0.2, -0.15) is 0 Å². The first-order chi connectivity index (χ1) is 9.60. The lowest BCUT2D eigenvalue weighted by Crippen LogP contribution is -2.20. The predicted octanol–water partition coefficient (Wildman–Crippen LogP) is 2.49. The van der Waals surface area contributed by atoms with Crippen LogP contribution in [-0.4, -0.2) is 29.2 Å². The molecule has 2 aromatic rings. The molecule has 0 saturated carbocycles. The van der Waals surface area contributed by atoms with Gasteiger partial charge in [-0.3, -0.25) is 5.32 Å². The quantitative estimate of drug-likeness (QED) is 0.804. The van der Waals surface area contributed by atoms with E-state index < -0.39 is 12.0 Å². The Balaban J connectivity index is 2.16. The maximum Gasteiger partial charge on any atom is 0.337 e. The number of urea groups is 1. The molecule has 3 N–H and O–H groups in total. The van der Waals surface area contributed by atoms with Crippen molar-refractivity contribution in [2.45, 2.75) is 0 Å². The number of nitrogens with zero attached hydrogens (tertiary/aromatic N) is 1. The molecule has 0 unspecified atom stereocenters. The normalized spacial score (nSPS) is 9.85. The summed E-state index contributed by atoms with van der Waals surface area (Å²) in [6.45, 7) is 0. The maximum atomic E-state index is 11.7. The number of hydrogen-bond acceptors (Lipinski definition) is 5. The minimum Gasteiger partial charge on any atom is -0.497 e. The molecule has 0 atom stereocenters. The first kappa shape index (κ1) is 13.8. The lowest BCUT2D eigenvalue weighted by Gasteiger charge is -2.10. The van der Waals surface area contributed by atoms with Crippen molar-refractivity contribution in [2.75, 3.05) is 17.7 Å². The van der Waals surface area contributed by atoms with Crippen LogP contribution in [0.4, 0.5) is 15.6 Å². The van der Waals surface area contributed by atoms with Crippen molar-refractivity contribution in [1.29, 1.82) is 0 Å². The van der Waals surface area contributed by atoms with E-state index in [2.05, 4.69) is 15.6 Å². The number of hydrogen-bond donors (Lipinski definition) is 3. The van der Waals surface area contributed by atoms with Crippen LogP contribution in [0, 0.1) is 0 Å². The fourth-order valence-corrected chi connectivity index (χ4v) is 2.00. The molecule has 1 aromatic carbocycles. The molecule has 0 aliphatic rings. The Hall–Kier alpha value is -2.61. The highest BCUT2D eigenvalue weighted by Gasteiger charge is 2.14. The van der Waals surface area contributed by atoms with E-state index in [4.69, 9.17) is 9.84 Å². The third-order valence-corrected chi connectivity index (χ3v) is 3.05. The lowest BCUT2D eigenvalue weighted by atomic mass is 10.1. The Bertz CT molecular complexity index is 628. The van der Waals surface area contributed by atoms with Crippen LogP contribution in [-0.2, 0) is 0 Å². The average Bonchev–Trinajstić information content (AvgIpc) is 2.91. The van der Waals surface area contributed by atoms with Crippen LogP contribution in [0.5, 0.6) is 5.75 Å². The van der Waals surface area contributed by atoms with Crippen LogP contribution in [0.25, 0.3) is 0 Å². The second-order valence-electron chi connectivity index (χ2n) is 3.63. The van der Waals surface area contributed by atoms with Crippen LogP contribution in [0.3, 0.4) is 0 Å². The third-order valence-electron chi connectivity index (χ3n) is 2.36. The summed E-state index contributed by atoms with van der Waals surface area (Å²) in [6.07, 6.45) is 1.55. The molecule has 7 nitrogen and oxygen atoms in total. The fraction of sp³-hybridized carbons (Fsp3) is 0.0833. The zero-order valence-electron chi connectivity index (χ0n) is 10.4. The third kappa shape index (κ3) is 3.23. The van der Waals surface area contributed by atoms with Crippen molar-refractivity contribution in [2.24, 2.45) is 0 Å². The highest BCUT2D eigenvalue weighted by molar-refractivity contribution is 7.13. The van der Waals surface area contributed by atoms with Gasteiger partial charge in [-0.25, -0.2) is 14.6 Å². The minimum absolute atomic E-state index is 0.0568. The average molecular weight is 293 g/mol. The molecule has 20 heavy (non-hydrogen) atoms. The molecule has 2 rings (SSSR count). The van der Waals surface area contributed by atoms with Crippen molar-refractivity contribution in [3.8, 4) is 5.75 Å². The summed E-state index contributed by atoms with van der Waals surface area (Å²) >= 11 is 1.26. The van der Waals surface area contributed by atoms with Gasteiger partial charge in [0.2, 0.25) is 0 Å². The van der Waals surface area contributed by atoms with E-state index in [0.29, 0.717) is 10.9 Å². The van der Waals surface area contributed by atoms with E-state index in [0.717, 1.165) is 0 Å². The van der Waals surface area contributed by atoms with E-state index >= 15 is 0 Å². The molecule has 8 heteroatoms. The van der Waals surface area contributed by atoms with Gasteiger partial charge in [-0.05, 0) is 18.2 Å². The molecule has 0 aliphatic carbocycles. The Morgan fingerprint density at radius 2 is 2.15 bits per heavy atom. The Morgan fingerprint density at radius 1 is 1.35 bits per heavy atom. The monoisotopic (exact) mass is 293 g/mol. The summed E-state index contributed by atoms with van der Waals surface area (Å²) in [7, 11) is 1.43. The number of nitrogens with one attached hydrogen (secondary N) is 2. The topological polar surface area (TPSA) is 101 Å². The minimum atomic E-state index is -1.16. The number of ether oxygens (including phenoxy) is 1. The van der Waals surface area contributed by atoms with E-state index in [-0.39, 0.29) is 11.3 Å². The van der Waals surface area contributed by atoms with E-state index in [1.807, 2.05) is 0 Å². The van der Waals surface area contributed by atoms with Crippen molar-refractivity contribution in [3.05, 3.63) is 35.3 Å². The fourth-order valence-electron chi connectivity index (χ4n) is 1.47. The van der Waals surface area contributed by atoms with Gasteiger partial charge >= 0.3 is 12.0 Å². The number of carbonyl (C=O) groups is 2. The molecule has 0 spiro atoms. The van der Waals surface area contributed by atoms with Crippen molar-refractivity contribution < 1.29 is 19.4 Å². The molecule has 0 aliphatic heterocycles. The van der Waals surface area contributed by atoms with Crippen molar-refractivity contribution >= 4 is 34.2 Å². The summed E-state index contributed by atoms with van der Waals surface area (Å²) in [5, 5.41) is 16.2. The number of anilines is 2. The molecule has 1 aromatic heterocycles. The number of rotatable bonds is 4. The number of carboxylic acids is 1. The number of amides is 2. The Kier molecular flexibility index (Phi) is 4.16. The van der Waals surface area contributed by atoms with E-state index in [1.54, 1.807) is 17.6 Å². The van der Waals surface area contributed by atoms with Crippen LogP contribution in [0.2, 0.25) is 0 Å². The van der Waals surface area contributed by atoms with Crippen LogP contribution >= 0.6 is 11.3 Å².